The van der Waals surface area contributed by atoms with Gasteiger partial charge in [-0.25, -0.2) is 4.98 Å². The maximum atomic E-state index is 6.30. The predicted octanol–water partition coefficient (Wildman–Crippen LogP) is 9.09. The van der Waals surface area contributed by atoms with E-state index in [-0.39, 0.29) is 20.4 Å². The third-order valence-electron chi connectivity index (χ3n) is 7.56. The Labute approximate surface area is 268 Å². The molecular weight excluding hydrogens is 635 g/mol. The topological polar surface area (TPSA) is 44.9 Å². The second-order valence-corrected chi connectivity index (χ2v) is 10.2. The van der Waals surface area contributed by atoms with Crippen LogP contribution < -0.4 is 4.74 Å². The van der Waals surface area contributed by atoms with Gasteiger partial charge in [0.1, 0.15) is 5.82 Å². The van der Waals surface area contributed by atoms with Crippen LogP contribution in [0, 0.1) is 12.1 Å². The molecule has 5 nitrogen and oxygen atoms in total. The zero-order chi connectivity index (χ0) is 28.6. The van der Waals surface area contributed by atoms with Crippen LogP contribution in [0.15, 0.2) is 146 Å². The van der Waals surface area contributed by atoms with Crippen molar-refractivity contribution in [1.29, 1.82) is 0 Å². The van der Waals surface area contributed by atoms with Gasteiger partial charge in [-0.2, -0.15) is 17.2 Å². The number of rotatable bonds is 6. The standard InChI is InChI=1S/C38H24N4O.Pd/c1-2-9-27(10-3-1)28-16-18-29(19-17-28)30-25-40-41(26-30)31-11-8-12-32(23-31)43-33-20-21-35-34-13-4-5-14-36(34)42(37(35)24-33)38-15-6-7-22-39-38;/h1-22,25-26H;/q-2;+2. The van der Waals surface area contributed by atoms with Crippen LogP contribution in [0.5, 0.6) is 11.5 Å². The van der Waals surface area contributed by atoms with E-state index >= 15 is 0 Å². The fraction of sp³-hybridized carbons (Fsp3) is 0. The monoisotopic (exact) mass is 658 g/mol. The summed E-state index contributed by atoms with van der Waals surface area (Å²) in [6.45, 7) is 0. The van der Waals surface area contributed by atoms with Gasteiger partial charge in [-0.1, -0.05) is 84.4 Å². The van der Waals surface area contributed by atoms with Crippen LogP contribution in [0.1, 0.15) is 0 Å². The van der Waals surface area contributed by atoms with E-state index in [0.717, 1.165) is 44.4 Å². The first-order valence-electron chi connectivity index (χ1n) is 14.1. The molecule has 0 spiro atoms. The molecular formula is C38H24N4OPd. The van der Waals surface area contributed by atoms with E-state index in [4.69, 9.17) is 4.74 Å². The number of fused-ring (bicyclic) bond motifs is 3. The number of nitrogens with zero attached hydrogens (tertiary/aromatic N) is 4. The van der Waals surface area contributed by atoms with E-state index < -0.39 is 0 Å². The second kappa shape index (κ2) is 11.8. The van der Waals surface area contributed by atoms with Crippen molar-refractivity contribution in [3.05, 3.63) is 158 Å². The van der Waals surface area contributed by atoms with Gasteiger partial charge in [0.15, 0.2) is 0 Å². The number of para-hydroxylation sites is 1. The molecule has 0 saturated heterocycles. The largest absolute Gasteiger partial charge is 2.00 e. The van der Waals surface area contributed by atoms with Crippen LogP contribution in [-0.2, 0) is 20.4 Å². The molecule has 3 heterocycles. The molecule has 0 N–H and O–H groups in total. The number of pyridine rings is 1. The molecule has 3 aromatic heterocycles. The van der Waals surface area contributed by atoms with Crippen molar-refractivity contribution in [3.8, 4) is 45.3 Å². The van der Waals surface area contributed by atoms with E-state index in [1.807, 2.05) is 71.7 Å². The Morgan fingerprint density at radius 3 is 2.11 bits per heavy atom. The Balaban J connectivity index is 0.00000312. The van der Waals surface area contributed by atoms with Crippen molar-refractivity contribution >= 4 is 21.8 Å². The average Bonchev–Trinajstić information content (AvgIpc) is 3.69. The number of ether oxygens (including phenoxy) is 1. The number of hydrogen-bond donors (Lipinski definition) is 0. The first-order valence-corrected chi connectivity index (χ1v) is 14.1. The normalized spacial score (nSPS) is 11.0. The maximum absolute atomic E-state index is 6.30. The van der Waals surface area contributed by atoms with Gasteiger partial charge in [0, 0.05) is 35.0 Å². The van der Waals surface area contributed by atoms with Crippen molar-refractivity contribution in [2.45, 2.75) is 0 Å². The zero-order valence-corrected chi connectivity index (χ0v) is 24.9. The molecule has 212 valence electrons. The Kier molecular flexibility index (Phi) is 7.37. The second-order valence-electron chi connectivity index (χ2n) is 10.2. The predicted molar refractivity (Wildman–Crippen MR) is 171 cm³/mol. The minimum atomic E-state index is 0. The first kappa shape index (κ1) is 27.5. The SMILES string of the molecule is [Pd+2].[c-]1c(Oc2[c-]c3c(cc2)c2ccccc2n3-c2ccccn2)cccc1-n1cc(-c2ccc(-c3ccccc3)cc2)cn1. The van der Waals surface area contributed by atoms with Gasteiger partial charge in [0.25, 0.3) is 0 Å². The van der Waals surface area contributed by atoms with Gasteiger partial charge in [0.2, 0.25) is 0 Å². The summed E-state index contributed by atoms with van der Waals surface area (Å²) in [6.07, 6.45) is 5.69. The molecule has 8 aromatic rings. The van der Waals surface area contributed by atoms with Crippen LogP contribution in [0.4, 0.5) is 0 Å². The maximum Gasteiger partial charge on any atom is 2.00 e. The Morgan fingerprint density at radius 1 is 0.568 bits per heavy atom. The van der Waals surface area contributed by atoms with E-state index in [0.29, 0.717) is 11.5 Å². The molecule has 0 aliphatic heterocycles. The van der Waals surface area contributed by atoms with Gasteiger partial charge < -0.3 is 9.30 Å². The number of benzene rings is 5. The third-order valence-corrected chi connectivity index (χ3v) is 7.56. The van der Waals surface area contributed by atoms with Crippen molar-refractivity contribution < 1.29 is 25.2 Å². The molecule has 0 saturated carbocycles. The van der Waals surface area contributed by atoms with E-state index in [2.05, 4.69) is 99.6 Å². The fourth-order valence-corrected chi connectivity index (χ4v) is 5.49. The molecule has 0 fully saturated rings. The summed E-state index contributed by atoms with van der Waals surface area (Å²) in [4.78, 5) is 4.61. The summed E-state index contributed by atoms with van der Waals surface area (Å²) >= 11 is 0. The Bertz CT molecular complexity index is 2200. The third kappa shape index (κ3) is 5.11. The number of hydrogen-bond acceptors (Lipinski definition) is 3. The van der Waals surface area contributed by atoms with Gasteiger partial charge in [0.05, 0.1) is 6.20 Å². The van der Waals surface area contributed by atoms with Crippen LogP contribution in [0.25, 0.3) is 55.6 Å². The van der Waals surface area contributed by atoms with E-state index in [9.17, 15) is 0 Å². The minimum absolute atomic E-state index is 0. The summed E-state index contributed by atoms with van der Waals surface area (Å²) in [5, 5.41) is 6.85. The average molecular weight is 659 g/mol. The summed E-state index contributed by atoms with van der Waals surface area (Å²) in [6, 6.07) is 49.8. The molecule has 5 aromatic carbocycles. The zero-order valence-electron chi connectivity index (χ0n) is 23.4. The van der Waals surface area contributed by atoms with E-state index in [1.54, 1.807) is 6.20 Å². The summed E-state index contributed by atoms with van der Waals surface area (Å²) in [7, 11) is 0. The summed E-state index contributed by atoms with van der Waals surface area (Å²) in [5.74, 6) is 2.01. The van der Waals surface area contributed by atoms with Gasteiger partial charge in [-0.05, 0) is 46.0 Å². The molecule has 6 heteroatoms. The van der Waals surface area contributed by atoms with Crippen molar-refractivity contribution in [2.75, 3.05) is 0 Å². The van der Waals surface area contributed by atoms with Crippen LogP contribution >= 0.6 is 0 Å². The molecule has 8 rings (SSSR count). The molecule has 0 aliphatic carbocycles. The molecule has 0 radical (unpaired) electrons. The van der Waals surface area contributed by atoms with Crippen molar-refractivity contribution in [1.82, 2.24) is 19.3 Å². The number of aromatic nitrogens is 4. The Morgan fingerprint density at radius 2 is 1.30 bits per heavy atom. The first-order chi connectivity index (χ1) is 21.3. The van der Waals surface area contributed by atoms with E-state index in [1.165, 1.54) is 11.1 Å². The van der Waals surface area contributed by atoms with Crippen molar-refractivity contribution in [3.63, 3.8) is 0 Å². The smallest absolute Gasteiger partial charge is 0.509 e. The summed E-state index contributed by atoms with van der Waals surface area (Å²) < 4.78 is 10.2. The fourth-order valence-electron chi connectivity index (χ4n) is 5.49. The molecule has 0 bridgehead atoms. The van der Waals surface area contributed by atoms with Crippen LogP contribution in [-0.4, -0.2) is 19.3 Å². The van der Waals surface area contributed by atoms with Gasteiger partial charge >= 0.3 is 20.4 Å². The minimum Gasteiger partial charge on any atom is -0.509 e. The van der Waals surface area contributed by atoms with Crippen LogP contribution in [0.2, 0.25) is 0 Å². The van der Waals surface area contributed by atoms with Gasteiger partial charge in [-0.3, -0.25) is 4.68 Å². The Hall–Kier alpha value is -5.28. The van der Waals surface area contributed by atoms with Crippen molar-refractivity contribution in [2.24, 2.45) is 0 Å². The van der Waals surface area contributed by atoms with Gasteiger partial charge in [-0.15, -0.1) is 35.7 Å². The molecule has 0 atom stereocenters. The summed E-state index contributed by atoms with van der Waals surface area (Å²) in [5.41, 5.74) is 7.28. The molecule has 44 heavy (non-hydrogen) atoms. The molecule has 0 amide bonds. The van der Waals surface area contributed by atoms with Crippen LogP contribution in [0.3, 0.4) is 0 Å². The molecule has 0 aliphatic rings. The molecule has 0 unspecified atom stereocenters. The quantitative estimate of drug-likeness (QED) is 0.132.